The molecule has 0 bridgehead atoms. The number of hydrogen-bond donors (Lipinski definition) is 2. The van der Waals surface area contributed by atoms with Gasteiger partial charge in [-0.1, -0.05) is 6.07 Å². The number of amides is 1. The summed E-state index contributed by atoms with van der Waals surface area (Å²) in [6, 6.07) is 6.48. The molecule has 2 rings (SSSR count). The largest absolute Gasteiger partial charge is 0.325 e. The van der Waals surface area contributed by atoms with Crippen LogP contribution in [0.4, 0.5) is 5.69 Å². The molecule has 0 aromatic heterocycles. The molecule has 104 valence electrons. The predicted octanol–water partition coefficient (Wildman–Crippen LogP) is 1.54. The first kappa shape index (κ1) is 14.0. The Kier molecular flexibility index (Phi) is 4.56. The summed E-state index contributed by atoms with van der Waals surface area (Å²) >= 11 is 0. The fourth-order valence-electron chi connectivity index (χ4n) is 2.38. The van der Waals surface area contributed by atoms with Crippen LogP contribution in [0.2, 0.25) is 0 Å². The van der Waals surface area contributed by atoms with Gasteiger partial charge in [-0.2, -0.15) is 0 Å². The maximum atomic E-state index is 12.0. The van der Waals surface area contributed by atoms with Crippen LogP contribution >= 0.6 is 0 Å². The van der Waals surface area contributed by atoms with Gasteiger partial charge in [-0.15, -0.1) is 0 Å². The molecule has 1 heterocycles. The molecular formula is C15H23N3O. The fraction of sp³-hybridized carbons (Fsp3) is 0.533. The van der Waals surface area contributed by atoms with Crippen LogP contribution in [0.25, 0.3) is 0 Å². The second kappa shape index (κ2) is 6.17. The number of nitrogens with one attached hydrogen (secondary N) is 2. The van der Waals surface area contributed by atoms with Crippen molar-refractivity contribution >= 4 is 11.6 Å². The van der Waals surface area contributed by atoms with E-state index in [4.69, 9.17) is 0 Å². The van der Waals surface area contributed by atoms with Gasteiger partial charge in [-0.25, -0.2) is 0 Å². The molecule has 1 aliphatic heterocycles. The first-order chi connectivity index (χ1) is 9.04. The number of nitrogens with zero attached hydrogens (tertiary/aromatic N) is 1. The van der Waals surface area contributed by atoms with Crippen molar-refractivity contribution in [1.29, 1.82) is 0 Å². The van der Waals surface area contributed by atoms with Gasteiger partial charge in [0.25, 0.3) is 0 Å². The normalized spacial score (nSPS) is 20.3. The van der Waals surface area contributed by atoms with Crippen molar-refractivity contribution in [3.05, 3.63) is 29.3 Å². The Hall–Kier alpha value is -1.39. The third kappa shape index (κ3) is 4.04. The number of anilines is 1. The van der Waals surface area contributed by atoms with Crippen LogP contribution in [0.3, 0.4) is 0 Å². The van der Waals surface area contributed by atoms with E-state index >= 15 is 0 Å². The highest BCUT2D eigenvalue weighted by atomic mass is 16.2. The highest BCUT2D eigenvalue weighted by Crippen LogP contribution is 2.14. The van der Waals surface area contributed by atoms with E-state index in [-0.39, 0.29) is 5.91 Å². The summed E-state index contributed by atoms with van der Waals surface area (Å²) in [6.07, 6.45) is 0. The summed E-state index contributed by atoms with van der Waals surface area (Å²) in [5.74, 6) is 0.0670. The molecule has 0 saturated carbocycles. The van der Waals surface area contributed by atoms with Gasteiger partial charge in [-0.05, 0) is 44.0 Å². The first-order valence-electron chi connectivity index (χ1n) is 6.87. The van der Waals surface area contributed by atoms with Gasteiger partial charge < -0.3 is 10.6 Å². The van der Waals surface area contributed by atoms with Crippen molar-refractivity contribution in [1.82, 2.24) is 10.2 Å². The maximum absolute atomic E-state index is 12.0. The van der Waals surface area contributed by atoms with E-state index in [0.29, 0.717) is 12.6 Å². The molecule has 19 heavy (non-hydrogen) atoms. The highest BCUT2D eigenvalue weighted by molar-refractivity contribution is 5.92. The molecule has 1 aromatic carbocycles. The predicted molar refractivity (Wildman–Crippen MR) is 78.5 cm³/mol. The topological polar surface area (TPSA) is 44.4 Å². The lowest BCUT2D eigenvalue weighted by Crippen LogP contribution is -2.51. The van der Waals surface area contributed by atoms with Crippen LogP contribution in [-0.4, -0.2) is 43.0 Å². The summed E-state index contributed by atoms with van der Waals surface area (Å²) in [6.45, 7) is 9.57. The molecule has 1 aliphatic rings. The van der Waals surface area contributed by atoms with Crippen molar-refractivity contribution in [3.8, 4) is 0 Å². The van der Waals surface area contributed by atoms with E-state index in [1.807, 2.05) is 18.2 Å². The van der Waals surface area contributed by atoms with Crippen molar-refractivity contribution in [2.24, 2.45) is 0 Å². The SMILES string of the molecule is Cc1ccc(NC(=O)CN2CCN[C@H](C)C2)cc1C. The van der Waals surface area contributed by atoms with Crippen LogP contribution in [0.1, 0.15) is 18.1 Å². The molecule has 1 amide bonds. The summed E-state index contributed by atoms with van der Waals surface area (Å²) < 4.78 is 0. The Morgan fingerprint density at radius 2 is 2.21 bits per heavy atom. The quantitative estimate of drug-likeness (QED) is 0.867. The molecule has 0 aliphatic carbocycles. The zero-order valence-corrected chi connectivity index (χ0v) is 12.0. The molecule has 0 spiro atoms. The van der Waals surface area contributed by atoms with Crippen molar-refractivity contribution < 1.29 is 4.79 Å². The van der Waals surface area contributed by atoms with Gasteiger partial charge in [-0.3, -0.25) is 9.69 Å². The van der Waals surface area contributed by atoms with Crippen LogP contribution < -0.4 is 10.6 Å². The van der Waals surface area contributed by atoms with Crippen molar-refractivity contribution in [2.45, 2.75) is 26.8 Å². The summed E-state index contributed by atoms with van der Waals surface area (Å²) in [5, 5.41) is 6.35. The van der Waals surface area contributed by atoms with E-state index in [0.717, 1.165) is 25.3 Å². The lowest BCUT2D eigenvalue weighted by atomic mass is 10.1. The summed E-state index contributed by atoms with van der Waals surface area (Å²) in [4.78, 5) is 14.2. The monoisotopic (exact) mass is 261 g/mol. The van der Waals surface area contributed by atoms with E-state index in [1.54, 1.807) is 0 Å². The molecule has 4 nitrogen and oxygen atoms in total. The molecule has 4 heteroatoms. The minimum Gasteiger partial charge on any atom is -0.325 e. The minimum absolute atomic E-state index is 0.0670. The molecule has 1 aromatic rings. The Morgan fingerprint density at radius 1 is 1.42 bits per heavy atom. The molecule has 1 atom stereocenters. The van der Waals surface area contributed by atoms with Gasteiger partial charge >= 0.3 is 0 Å². The molecule has 0 radical (unpaired) electrons. The second-order valence-electron chi connectivity index (χ2n) is 5.44. The number of benzene rings is 1. The zero-order chi connectivity index (χ0) is 13.8. The Balaban J connectivity index is 1.88. The maximum Gasteiger partial charge on any atom is 0.238 e. The third-order valence-electron chi connectivity index (χ3n) is 3.61. The number of piperazine rings is 1. The van der Waals surface area contributed by atoms with Crippen molar-refractivity contribution in [2.75, 3.05) is 31.5 Å². The Labute approximate surface area is 115 Å². The van der Waals surface area contributed by atoms with Crippen LogP contribution in [0.15, 0.2) is 18.2 Å². The number of hydrogen-bond acceptors (Lipinski definition) is 3. The van der Waals surface area contributed by atoms with Crippen LogP contribution in [-0.2, 0) is 4.79 Å². The van der Waals surface area contributed by atoms with E-state index in [2.05, 4.69) is 36.3 Å². The lowest BCUT2D eigenvalue weighted by Gasteiger charge is -2.31. The van der Waals surface area contributed by atoms with Gasteiger partial charge in [0.15, 0.2) is 0 Å². The summed E-state index contributed by atoms with van der Waals surface area (Å²) in [5.41, 5.74) is 3.33. The fourth-order valence-corrected chi connectivity index (χ4v) is 2.38. The number of aryl methyl sites for hydroxylation is 2. The smallest absolute Gasteiger partial charge is 0.238 e. The van der Waals surface area contributed by atoms with Crippen molar-refractivity contribution in [3.63, 3.8) is 0 Å². The average Bonchev–Trinajstić information content (AvgIpc) is 2.34. The standard InChI is InChI=1S/C15H23N3O/c1-11-4-5-14(8-12(11)2)17-15(19)10-18-7-6-16-13(3)9-18/h4-5,8,13,16H,6-7,9-10H2,1-3H3,(H,17,19)/t13-/m1/s1. The number of carbonyl (C=O) groups excluding carboxylic acids is 1. The number of rotatable bonds is 3. The third-order valence-corrected chi connectivity index (χ3v) is 3.61. The highest BCUT2D eigenvalue weighted by Gasteiger charge is 2.17. The summed E-state index contributed by atoms with van der Waals surface area (Å²) in [7, 11) is 0. The Bertz CT molecular complexity index is 459. The van der Waals surface area contributed by atoms with Crippen LogP contribution in [0, 0.1) is 13.8 Å². The minimum atomic E-state index is 0.0670. The zero-order valence-electron chi connectivity index (χ0n) is 12.0. The van der Waals surface area contributed by atoms with E-state index in [9.17, 15) is 4.79 Å². The molecule has 1 fully saturated rings. The lowest BCUT2D eigenvalue weighted by molar-refractivity contribution is -0.117. The molecular weight excluding hydrogens is 238 g/mol. The molecule has 1 saturated heterocycles. The first-order valence-corrected chi connectivity index (χ1v) is 6.87. The van der Waals surface area contributed by atoms with Gasteiger partial charge in [0.2, 0.25) is 5.91 Å². The molecule has 2 N–H and O–H groups in total. The van der Waals surface area contributed by atoms with Gasteiger partial charge in [0, 0.05) is 31.4 Å². The molecule has 0 unspecified atom stereocenters. The average molecular weight is 261 g/mol. The van der Waals surface area contributed by atoms with E-state index < -0.39 is 0 Å². The van der Waals surface area contributed by atoms with E-state index in [1.165, 1.54) is 11.1 Å². The van der Waals surface area contributed by atoms with Gasteiger partial charge in [0.05, 0.1) is 6.54 Å². The number of carbonyl (C=O) groups is 1. The second-order valence-corrected chi connectivity index (χ2v) is 5.44. The van der Waals surface area contributed by atoms with Gasteiger partial charge in [0.1, 0.15) is 0 Å². The Morgan fingerprint density at radius 3 is 2.89 bits per heavy atom. The van der Waals surface area contributed by atoms with Crippen LogP contribution in [0.5, 0.6) is 0 Å².